The first kappa shape index (κ1) is 15.7. The number of rotatable bonds is 6. The van der Waals surface area contributed by atoms with Crippen LogP contribution in [0, 0.1) is 0 Å². The molecule has 2 aromatic rings. The number of halogens is 1. The smallest absolute Gasteiger partial charge is 0.325 e. The summed E-state index contributed by atoms with van der Waals surface area (Å²) in [6.07, 6.45) is 3.17. The van der Waals surface area contributed by atoms with E-state index in [1.807, 2.05) is 24.3 Å². The topological polar surface area (TPSA) is 97.1 Å². The Labute approximate surface area is 140 Å². The van der Waals surface area contributed by atoms with Crippen LogP contribution in [0.3, 0.4) is 0 Å². The van der Waals surface area contributed by atoms with E-state index in [1.165, 1.54) is 10.9 Å². The summed E-state index contributed by atoms with van der Waals surface area (Å²) in [5.41, 5.74) is 1.09. The number of carboxylic acid groups (broad SMARTS) is 1. The Bertz CT molecular complexity index is 737. The van der Waals surface area contributed by atoms with Crippen LogP contribution < -0.4 is 5.32 Å². The molecule has 0 aliphatic heterocycles. The maximum absolute atomic E-state index is 12.5. The lowest BCUT2D eigenvalue weighted by molar-refractivity contribution is -0.138. The van der Waals surface area contributed by atoms with Crippen molar-refractivity contribution >= 4 is 27.8 Å². The molecule has 0 spiro atoms. The number of benzene rings is 1. The van der Waals surface area contributed by atoms with Crippen molar-refractivity contribution in [3.05, 3.63) is 46.2 Å². The standard InChI is InChI=1S/C15H15BrN4O3/c16-11-3-1-10(2-4-11)15(5-6-15)14(23)17-7-12-8-20(19-18-12)9-13(21)22/h1-4,8H,5-7,9H2,(H,17,23)(H,21,22). The highest BCUT2D eigenvalue weighted by Crippen LogP contribution is 2.48. The van der Waals surface area contributed by atoms with E-state index in [2.05, 4.69) is 31.6 Å². The number of aromatic nitrogens is 3. The maximum atomic E-state index is 12.5. The summed E-state index contributed by atoms with van der Waals surface area (Å²) in [6.45, 7) is -0.0134. The summed E-state index contributed by atoms with van der Waals surface area (Å²) >= 11 is 3.39. The molecule has 1 saturated carbocycles. The van der Waals surface area contributed by atoms with Gasteiger partial charge in [-0.05, 0) is 30.5 Å². The highest BCUT2D eigenvalue weighted by Gasteiger charge is 2.51. The third-order valence-corrected chi connectivity index (χ3v) is 4.42. The van der Waals surface area contributed by atoms with E-state index < -0.39 is 11.4 Å². The Morgan fingerprint density at radius 1 is 1.30 bits per heavy atom. The van der Waals surface area contributed by atoms with Crippen molar-refractivity contribution in [3.8, 4) is 0 Å². The fraction of sp³-hybridized carbons (Fsp3) is 0.333. The van der Waals surface area contributed by atoms with E-state index in [0.29, 0.717) is 5.69 Å². The van der Waals surface area contributed by atoms with Crippen LogP contribution in [0.2, 0.25) is 0 Å². The van der Waals surface area contributed by atoms with E-state index in [1.54, 1.807) is 0 Å². The highest BCUT2D eigenvalue weighted by atomic mass is 79.9. The van der Waals surface area contributed by atoms with Gasteiger partial charge in [-0.2, -0.15) is 0 Å². The minimum absolute atomic E-state index is 0.0346. The van der Waals surface area contributed by atoms with Crippen LogP contribution in [0.25, 0.3) is 0 Å². The average molecular weight is 379 g/mol. The van der Waals surface area contributed by atoms with Crippen molar-refractivity contribution in [2.45, 2.75) is 31.3 Å². The quantitative estimate of drug-likeness (QED) is 0.793. The fourth-order valence-corrected chi connectivity index (χ4v) is 2.78. The lowest BCUT2D eigenvalue weighted by Gasteiger charge is -2.15. The predicted octanol–water partition coefficient (Wildman–Crippen LogP) is 1.47. The molecule has 0 unspecified atom stereocenters. The summed E-state index contributed by atoms with van der Waals surface area (Å²) in [7, 11) is 0. The molecular weight excluding hydrogens is 364 g/mol. The van der Waals surface area contributed by atoms with Crippen LogP contribution in [0.4, 0.5) is 0 Å². The van der Waals surface area contributed by atoms with E-state index in [9.17, 15) is 9.59 Å². The molecule has 1 aliphatic carbocycles. The zero-order chi connectivity index (χ0) is 16.4. The summed E-state index contributed by atoms with van der Waals surface area (Å²) in [4.78, 5) is 23.1. The van der Waals surface area contributed by atoms with Crippen LogP contribution in [0.1, 0.15) is 24.1 Å². The van der Waals surface area contributed by atoms with Gasteiger partial charge in [0.15, 0.2) is 0 Å². The zero-order valence-corrected chi connectivity index (χ0v) is 13.8. The molecule has 23 heavy (non-hydrogen) atoms. The van der Waals surface area contributed by atoms with E-state index in [-0.39, 0.29) is 19.0 Å². The van der Waals surface area contributed by atoms with E-state index >= 15 is 0 Å². The number of carbonyl (C=O) groups excluding carboxylic acids is 1. The second kappa shape index (κ2) is 6.11. The minimum atomic E-state index is -0.988. The van der Waals surface area contributed by atoms with Gasteiger partial charge in [0.25, 0.3) is 0 Å². The molecule has 2 N–H and O–H groups in total. The molecule has 7 nitrogen and oxygen atoms in total. The Balaban J connectivity index is 1.62. The van der Waals surface area contributed by atoms with Crippen LogP contribution in [-0.4, -0.2) is 32.0 Å². The van der Waals surface area contributed by atoms with Crippen molar-refractivity contribution in [3.63, 3.8) is 0 Å². The molecule has 8 heteroatoms. The Kier molecular flexibility index (Phi) is 4.16. The summed E-state index contributed by atoms with van der Waals surface area (Å²) in [5.74, 6) is -1.02. The number of nitrogens with one attached hydrogen (secondary N) is 1. The first-order valence-corrected chi connectivity index (χ1v) is 7.94. The largest absolute Gasteiger partial charge is 0.480 e. The molecule has 0 atom stereocenters. The average Bonchev–Trinajstić information content (AvgIpc) is 3.21. The lowest BCUT2D eigenvalue weighted by Crippen LogP contribution is -2.34. The molecule has 120 valence electrons. The molecule has 1 aromatic carbocycles. The molecule has 1 aliphatic rings. The number of carboxylic acids is 1. The molecule has 1 amide bonds. The van der Waals surface area contributed by atoms with E-state index in [4.69, 9.17) is 5.11 Å². The van der Waals surface area contributed by atoms with Crippen LogP contribution in [0.15, 0.2) is 34.9 Å². The van der Waals surface area contributed by atoms with Crippen LogP contribution in [0.5, 0.6) is 0 Å². The second-order valence-corrected chi connectivity index (χ2v) is 6.49. The van der Waals surface area contributed by atoms with Crippen molar-refractivity contribution in [2.75, 3.05) is 0 Å². The molecular formula is C15H15BrN4O3. The van der Waals surface area contributed by atoms with Crippen LogP contribution >= 0.6 is 15.9 Å². The van der Waals surface area contributed by atoms with Crippen molar-refractivity contribution in [1.82, 2.24) is 20.3 Å². The highest BCUT2D eigenvalue weighted by molar-refractivity contribution is 9.10. The van der Waals surface area contributed by atoms with Crippen LogP contribution in [-0.2, 0) is 28.1 Å². The molecule has 0 radical (unpaired) electrons. The third kappa shape index (κ3) is 3.42. The summed E-state index contributed by atoms with van der Waals surface area (Å²) in [5, 5.41) is 19.1. The molecule has 1 heterocycles. The maximum Gasteiger partial charge on any atom is 0.325 e. The van der Waals surface area contributed by atoms with Gasteiger partial charge in [0.1, 0.15) is 12.2 Å². The lowest BCUT2D eigenvalue weighted by atomic mass is 9.95. The van der Waals surface area contributed by atoms with Crippen molar-refractivity contribution in [1.29, 1.82) is 0 Å². The molecule has 1 aromatic heterocycles. The number of nitrogens with zero attached hydrogens (tertiary/aromatic N) is 3. The van der Waals surface area contributed by atoms with Gasteiger partial charge < -0.3 is 10.4 Å². The Morgan fingerprint density at radius 2 is 2.00 bits per heavy atom. The zero-order valence-electron chi connectivity index (χ0n) is 12.2. The van der Waals surface area contributed by atoms with Gasteiger partial charge >= 0.3 is 5.97 Å². The van der Waals surface area contributed by atoms with Gasteiger partial charge in [0.2, 0.25) is 5.91 Å². The number of carbonyl (C=O) groups is 2. The van der Waals surface area contributed by atoms with E-state index in [0.717, 1.165) is 22.9 Å². The van der Waals surface area contributed by atoms with Crippen molar-refractivity contribution in [2.24, 2.45) is 0 Å². The van der Waals surface area contributed by atoms with Gasteiger partial charge in [0, 0.05) is 4.47 Å². The van der Waals surface area contributed by atoms with Gasteiger partial charge in [-0.25, -0.2) is 4.68 Å². The fourth-order valence-electron chi connectivity index (χ4n) is 2.52. The summed E-state index contributed by atoms with van der Waals surface area (Å²) < 4.78 is 2.21. The number of hydrogen-bond donors (Lipinski definition) is 2. The Hall–Kier alpha value is -2.22. The second-order valence-electron chi connectivity index (χ2n) is 5.57. The van der Waals surface area contributed by atoms with Gasteiger partial charge in [0.05, 0.1) is 18.2 Å². The molecule has 0 saturated heterocycles. The number of aliphatic carboxylic acids is 1. The first-order chi connectivity index (χ1) is 11.0. The normalized spacial score (nSPS) is 15.2. The summed E-state index contributed by atoms with van der Waals surface area (Å²) in [6, 6.07) is 7.78. The van der Waals surface area contributed by atoms with Gasteiger partial charge in [-0.3, -0.25) is 9.59 Å². The molecule has 0 bridgehead atoms. The first-order valence-electron chi connectivity index (χ1n) is 7.15. The third-order valence-electron chi connectivity index (χ3n) is 3.89. The van der Waals surface area contributed by atoms with Gasteiger partial charge in [-0.1, -0.05) is 33.3 Å². The Morgan fingerprint density at radius 3 is 2.61 bits per heavy atom. The SMILES string of the molecule is O=C(O)Cn1cc(CNC(=O)C2(c3ccc(Br)cc3)CC2)nn1. The van der Waals surface area contributed by atoms with Crippen molar-refractivity contribution < 1.29 is 14.7 Å². The number of hydrogen-bond acceptors (Lipinski definition) is 4. The number of amides is 1. The monoisotopic (exact) mass is 378 g/mol. The molecule has 1 fully saturated rings. The minimum Gasteiger partial charge on any atom is -0.480 e. The predicted molar refractivity (Wildman–Crippen MR) is 84.6 cm³/mol. The molecule has 3 rings (SSSR count). The van der Waals surface area contributed by atoms with Gasteiger partial charge in [-0.15, -0.1) is 5.10 Å².